The Hall–Kier alpha value is -3.09. The van der Waals surface area contributed by atoms with Crippen LogP contribution in [0.2, 0.25) is 0 Å². The molecule has 4 heterocycles. The number of aryl methyl sites for hydroxylation is 2. The highest BCUT2D eigenvalue weighted by atomic mass is 16.5. The number of nitrogens with two attached hydrogens (primary N) is 1. The predicted octanol–water partition coefficient (Wildman–Crippen LogP) is -1.31. The van der Waals surface area contributed by atoms with Gasteiger partial charge in [-0.1, -0.05) is 0 Å². The lowest BCUT2D eigenvalue weighted by Gasteiger charge is -2.38. The van der Waals surface area contributed by atoms with Crippen LogP contribution in [0.4, 0.5) is 5.82 Å². The number of aromatic nitrogens is 6. The number of rotatable bonds is 6. The van der Waals surface area contributed by atoms with Gasteiger partial charge in [0.05, 0.1) is 31.7 Å². The number of hydrogen-bond donors (Lipinski definition) is 4. The van der Waals surface area contributed by atoms with Crippen LogP contribution in [0.1, 0.15) is 17.7 Å². The first-order chi connectivity index (χ1) is 14.8. The Bertz CT molecular complexity index is 1080. The van der Waals surface area contributed by atoms with Crippen molar-refractivity contribution < 1.29 is 19.7 Å². The van der Waals surface area contributed by atoms with Gasteiger partial charge in [0, 0.05) is 19.2 Å². The Balaban J connectivity index is 1.34. The molecule has 0 radical (unpaired) electrons. The van der Waals surface area contributed by atoms with Crippen molar-refractivity contribution in [3.63, 3.8) is 0 Å². The van der Waals surface area contributed by atoms with Gasteiger partial charge in [-0.25, -0.2) is 15.0 Å². The maximum Gasteiger partial charge on any atom is 0.220 e. The SMILES string of the molecule is Cc1c(CCC(=O)N[C@@H]2CO[C@H](Cn3cnc4ncnc(N)c43)[C@@H](O)[C@H]2O)cnn1C. The fraction of sp³-hybridized carbons (Fsp3) is 0.526. The van der Waals surface area contributed by atoms with Crippen LogP contribution in [-0.2, 0) is 29.5 Å². The number of fused-ring (bicyclic) bond motifs is 1. The van der Waals surface area contributed by atoms with E-state index in [1.165, 1.54) is 12.7 Å². The second kappa shape index (κ2) is 8.57. The molecule has 166 valence electrons. The standard InChI is InChI=1S/C19H26N8O4/c1-10-11(5-24-26(10)2)3-4-14(28)25-12-7-31-13(17(30)16(12)29)6-27-9-23-19-15(27)18(20)21-8-22-19/h5,8-9,12-13,16-17,29-30H,3-4,6-7H2,1-2H3,(H,25,28)(H2,20,21,22)/t12-,13-,16+,17-/m1/s1. The normalized spacial score (nSPS) is 23.9. The van der Waals surface area contributed by atoms with Crippen LogP contribution in [0.3, 0.4) is 0 Å². The Morgan fingerprint density at radius 2 is 2.13 bits per heavy atom. The number of carbonyl (C=O) groups excluding carboxylic acids is 1. The molecule has 0 aliphatic carbocycles. The van der Waals surface area contributed by atoms with Gasteiger partial charge in [0.15, 0.2) is 11.5 Å². The van der Waals surface area contributed by atoms with Gasteiger partial charge >= 0.3 is 0 Å². The molecule has 31 heavy (non-hydrogen) atoms. The first kappa shape index (κ1) is 21.2. The number of aliphatic hydroxyl groups is 2. The topological polar surface area (TPSA) is 166 Å². The van der Waals surface area contributed by atoms with Gasteiger partial charge in [-0.2, -0.15) is 5.10 Å². The fourth-order valence-corrected chi connectivity index (χ4v) is 3.75. The van der Waals surface area contributed by atoms with Gasteiger partial charge in [-0.05, 0) is 18.9 Å². The Labute approximate surface area is 178 Å². The van der Waals surface area contributed by atoms with Crippen molar-refractivity contribution >= 4 is 22.9 Å². The summed E-state index contributed by atoms with van der Waals surface area (Å²) in [6, 6.07) is -0.707. The molecular weight excluding hydrogens is 404 g/mol. The van der Waals surface area contributed by atoms with E-state index in [4.69, 9.17) is 10.5 Å². The predicted molar refractivity (Wildman–Crippen MR) is 110 cm³/mol. The molecule has 3 aromatic heterocycles. The molecule has 0 aromatic carbocycles. The number of amides is 1. The largest absolute Gasteiger partial charge is 0.388 e. The molecule has 1 amide bonds. The summed E-state index contributed by atoms with van der Waals surface area (Å²) >= 11 is 0. The van der Waals surface area contributed by atoms with Crippen LogP contribution >= 0.6 is 0 Å². The van der Waals surface area contributed by atoms with Gasteiger partial charge in [0.1, 0.15) is 30.2 Å². The molecule has 0 saturated carbocycles. The molecule has 4 rings (SSSR count). The van der Waals surface area contributed by atoms with Crippen molar-refractivity contribution in [3.05, 3.63) is 30.1 Å². The second-order valence-corrected chi connectivity index (χ2v) is 7.73. The number of anilines is 1. The molecule has 1 saturated heterocycles. The maximum atomic E-state index is 12.3. The average Bonchev–Trinajstić information content (AvgIpc) is 3.30. The number of hydrogen-bond acceptors (Lipinski definition) is 9. The summed E-state index contributed by atoms with van der Waals surface area (Å²) in [5.74, 6) is 0.0365. The number of nitrogens with one attached hydrogen (secondary N) is 1. The van der Waals surface area contributed by atoms with Gasteiger partial charge in [-0.15, -0.1) is 0 Å². The molecule has 3 aromatic rings. The van der Waals surface area contributed by atoms with Gasteiger partial charge in [0.2, 0.25) is 5.91 Å². The summed E-state index contributed by atoms with van der Waals surface area (Å²) in [7, 11) is 1.85. The van der Waals surface area contributed by atoms with Gasteiger partial charge in [0.25, 0.3) is 0 Å². The van der Waals surface area contributed by atoms with Crippen LogP contribution in [0.25, 0.3) is 11.2 Å². The van der Waals surface area contributed by atoms with Crippen LogP contribution in [0.5, 0.6) is 0 Å². The number of ether oxygens (including phenoxy) is 1. The zero-order valence-corrected chi connectivity index (χ0v) is 17.3. The summed E-state index contributed by atoms with van der Waals surface area (Å²) < 4.78 is 9.19. The van der Waals surface area contributed by atoms with Crippen molar-refractivity contribution in [3.8, 4) is 0 Å². The lowest BCUT2D eigenvalue weighted by Crippen LogP contribution is -2.59. The smallest absolute Gasteiger partial charge is 0.220 e. The molecule has 0 unspecified atom stereocenters. The van der Waals surface area contributed by atoms with Crippen molar-refractivity contribution in [2.75, 3.05) is 12.3 Å². The summed E-state index contributed by atoms with van der Waals surface area (Å²) in [6.45, 7) is 2.21. The molecule has 0 bridgehead atoms. The third-order valence-electron chi connectivity index (χ3n) is 5.75. The summed E-state index contributed by atoms with van der Waals surface area (Å²) in [5.41, 5.74) is 8.88. The molecular formula is C19H26N8O4. The van der Waals surface area contributed by atoms with Crippen molar-refractivity contribution in [2.24, 2.45) is 7.05 Å². The molecule has 12 nitrogen and oxygen atoms in total. The Morgan fingerprint density at radius 1 is 1.32 bits per heavy atom. The maximum absolute atomic E-state index is 12.3. The van der Waals surface area contributed by atoms with E-state index in [2.05, 4.69) is 25.4 Å². The Kier molecular flexibility index (Phi) is 5.85. The number of aliphatic hydroxyl groups excluding tert-OH is 2. The number of nitrogens with zero attached hydrogens (tertiary/aromatic N) is 6. The molecule has 1 aliphatic heterocycles. The van der Waals surface area contributed by atoms with E-state index < -0.39 is 24.4 Å². The quantitative estimate of drug-likeness (QED) is 0.371. The van der Waals surface area contributed by atoms with E-state index in [0.717, 1.165) is 11.3 Å². The minimum Gasteiger partial charge on any atom is -0.388 e. The second-order valence-electron chi connectivity index (χ2n) is 7.73. The molecule has 0 spiro atoms. The highest BCUT2D eigenvalue weighted by Crippen LogP contribution is 2.21. The highest BCUT2D eigenvalue weighted by molar-refractivity contribution is 5.81. The third-order valence-corrected chi connectivity index (χ3v) is 5.75. The molecule has 1 aliphatic rings. The highest BCUT2D eigenvalue weighted by Gasteiger charge is 2.39. The van der Waals surface area contributed by atoms with Crippen LogP contribution < -0.4 is 11.1 Å². The van der Waals surface area contributed by atoms with E-state index in [-0.39, 0.29) is 31.3 Å². The first-order valence-corrected chi connectivity index (χ1v) is 10.0. The van der Waals surface area contributed by atoms with Crippen molar-refractivity contribution in [1.29, 1.82) is 0 Å². The molecule has 1 fully saturated rings. The zero-order chi connectivity index (χ0) is 22.1. The van der Waals surface area contributed by atoms with Crippen LogP contribution in [0, 0.1) is 6.92 Å². The molecule has 12 heteroatoms. The van der Waals surface area contributed by atoms with E-state index in [1.54, 1.807) is 15.4 Å². The number of imidazole rings is 1. The van der Waals surface area contributed by atoms with Crippen LogP contribution in [-0.4, -0.2) is 76.4 Å². The van der Waals surface area contributed by atoms with Gasteiger partial charge < -0.3 is 30.6 Å². The minimum absolute atomic E-state index is 0.0686. The zero-order valence-electron chi connectivity index (χ0n) is 17.3. The van der Waals surface area contributed by atoms with Gasteiger partial charge in [-0.3, -0.25) is 9.48 Å². The fourth-order valence-electron chi connectivity index (χ4n) is 3.75. The summed E-state index contributed by atoms with van der Waals surface area (Å²) in [4.78, 5) is 24.5. The number of nitrogen functional groups attached to an aromatic ring is 1. The average molecular weight is 430 g/mol. The van der Waals surface area contributed by atoms with Crippen LogP contribution in [0.15, 0.2) is 18.9 Å². The number of carbonyl (C=O) groups is 1. The Morgan fingerprint density at radius 3 is 2.87 bits per heavy atom. The lowest BCUT2D eigenvalue weighted by molar-refractivity contribution is -0.158. The molecule has 4 atom stereocenters. The monoisotopic (exact) mass is 430 g/mol. The van der Waals surface area contributed by atoms with E-state index in [1.807, 2.05) is 14.0 Å². The summed E-state index contributed by atoms with van der Waals surface area (Å²) in [5, 5.41) is 28.0. The van der Waals surface area contributed by atoms with E-state index in [9.17, 15) is 15.0 Å². The third kappa shape index (κ3) is 4.22. The van der Waals surface area contributed by atoms with E-state index >= 15 is 0 Å². The van der Waals surface area contributed by atoms with E-state index in [0.29, 0.717) is 17.6 Å². The minimum atomic E-state index is -1.21. The lowest BCUT2D eigenvalue weighted by atomic mass is 9.97. The first-order valence-electron chi connectivity index (χ1n) is 10.0. The molecule has 5 N–H and O–H groups in total. The summed E-state index contributed by atoms with van der Waals surface area (Å²) in [6.07, 6.45) is 2.30. The van der Waals surface area contributed by atoms with Crippen molar-refractivity contribution in [2.45, 2.75) is 50.7 Å². The van der Waals surface area contributed by atoms with Crippen molar-refractivity contribution in [1.82, 2.24) is 34.6 Å².